The van der Waals surface area contributed by atoms with Gasteiger partial charge in [0, 0.05) is 44.1 Å². The first-order chi connectivity index (χ1) is 14.4. The Morgan fingerprint density at radius 3 is 2.90 bits per heavy atom. The highest BCUT2D eigenvalue weighted by Gasteiger charge is 2.22. The number of amides is 1. The minimum Gasteiger partial charge on any atom is -0.396 e. The molecule has 1 fully saturated rings. The number of hydrogen-bond acceptors (Lipinski definition) is 7. The van der Waals surface area contributed by atoms with Crippen molar-refractivity contribution in [3.05, 3.63) is 47.7 Å². The number of carbonyl (C=O) groups is 1. The lowest BCUT2D eigenvalue weighted by atomic mass is 10.1. The van der Waals surface area contributed by atoms with Crippen LogP contribution in [0.1, 0.15) is 23.0 Å². The lowest BCUT2D eigenvalue weighted by molar-refractivity contribution is 0.102. The van der Waals surface area contributed by atoms with Crippen LogP contribution in [-0.4, -0.2) is 41.0 Å². The van der Waals surface area contributed by atoms with E-state index in [2.05, 4.69) is 32.9 Å². The Balaban J connectivity index is 1.63. The predicted octanol–water partition coefficient (Wildman–Crippen LogP) is 1.70. The fourth-order valence-electron chi connectivity index (χ4n) is 3.82. The summed E-state index contributed by atoms with van der Waals surface area (Å²) in [5.74, 6) is 4.75. The van der Waals surface area contributed by atoms with Gasteiger partial charge in [0.1, 0.15) is 0 Å². The van der Waals surface area contributed by atoms with Crippen molar-refractivity contribution in [2.45, 2.75) is 19.9 Å². The van der Waals surface area contributed by atoms with E-state index < -0.39 is 11.7 Å². The fourth-order valence-corrected chi connectivity index (χ4v) is 3.82. The Morgan fingerprint density at radius 2 is 2.17 bits per heavy atom. The first-order valence-corrected chi connectivity index (χ1v) is 9.71. The molecule has 0 aliphatic carbocycles. The summed E-state index contributed by atoms with van der Waals surface area (Å²) in [6.07, 6.45) is 3.28. The Morgan fingerprint density at radius 1 is 1.37 bits per heavy atom. The lowest BCUT2D eigenvalue weighted by Gasteiger charge is -2.35. The van der Waals surface area contributed by atoms with Crippen LogP contribution in [0.3, 0.4) is 0 Å². The van der Waals surface area contributed by atoms with Crippen molar-refractivity contribution < 1.29 is 9.18 Å². The van der Waals surface area contributed by atoms with Gasteiger partial charge >= 0.3 is 0 Å². The van der Waals surface area contributed by atoms with Crippen LogP contribution in [0.4, 0.5) is 27.1 Å². The van der Waals surface area contributed by atoms with Crippen LogP contribution < -0.4 is 32.5 Å². The number of rotatable bonds is 4. The van der Waals surface area contributed by atoms with Crippen LogP contribution in [0.25, 0.3) is 5.65 Å². The molecule has 3 aromatic rings. The fraction of sp³-hybridized carbons (Fsp3) is 0.300. The molecule has 1 saturated heterocycles. The van der Waals surface area contributed by atoms with Crippen molar-refractivity contribution >= 4 is 34.3 Å². The van der Waals surface area contributed by atoms with Crippen LogP contribution in [0.5, 0.6) is 0 Å². The molecule has 3 heterocycles. The summed E-state index contributed by atoms with van der Waals surface area (Å²) in [5, 5.41) is 6.08. The maximum atomic E-state index is 14.3. The van der Waals surface area contributed by atoms with E-state index in [0.29, 0.717) is 23.1 Å². The van der Waals surface area contributed by atoms with Gasteiger partial charge < -0.3 is 31.1 Å². The summed E-state index contributed by atoms with van der Waals surface area (Å²) in [6, 6.07) is 5.03. The second-order valence-corrected chi connectivity index (χ2v) is 7.51. The van der Waals surface area contributed by atoms with Gasteiger partial charge in [-0.05, 0) is 26.0 Å². The lowest BCUT2D eigenvalue weighted by Crippen LogP contribution is -2.49. The molecule has 1 aliphatic rings. The molecule has 7 N–H and O–H groups in total. The Kier molecular flexibility index (Phi) is 5.18. The van der Waals surface area contributed by atoms with Crippen molar-refractivity contribution in [3.8, 4) is 0 Å². The molecule has 0 spiro atoms. The second kappa shape index (κ2) is 7.81. The Bertz CT molecular complexity index is 1110. The van der Waals surface area contributed by atoms with E-state index in [1.54, 1.807) is 25.4 Å². The number of carbonyl (C=O) groups excluding carboxylic acids is 1. The molecule has 1 aliphatic heterocycles. The number of anilines is 4. The summed E-state index contributed by atoms with van der Waals surface area (Å²) in [4.78, 5) is 19.1. The molecule has 2 aromatic heterocycles. The molecular weight excluding hydrogens is 387 g/mol. The minimum atomic E-state index is -0.527. The van der Waals surface area contributed by atoms with Crippen LogP contribution in [0.15, 0.2) is 30.6 Å². The van der Waals surface area contributed by atoms with E-state index in [9.17, 15) is 9.18 Å². The number of hydrogen-bond donors (Lipinski definition) is 5. The third kappa shape index (κ3) is 3.62. The van der Waals surface area contributed by atoms with Crippen molar-refractivity contribution in [2.75, 3.05) is 41.0 Å². The highest BCUT2D eigenvalue weighted by molar-refractivity contribution is 6.10. The number of halogens is 1. The normalized spacial score (nSPS) is 16.7. The van der Waals surface area contributed by atoms with Crippen LogP contribution in [0, 0.1) is 12.7 Å². The molecule has 9 nitrogen and oxygen atoms in total. The number of fused-ring (bicyclic) bond motifs is 1. The van der Waals surface area contributed by atoms with Gasteiger partial charge in [0.25, 0.3) is 5.91 Å². The summed E-state index contributed by atoms with van der Waals surface area (Å²) in [7, 11) is 0. The zero-order valence-corrected chi connectivity index (χ0v) is 16.9. The van der Waals surface area contributed by atoms with E-state index in [0.717, 1.165) is 25.3 Å². The van der Waals surface area contributed by atoms with Crippen molar-refractivity contribution in [1.82, 2.24) is 14.7 Å². The molecule has 30 heavy (non-hydrogen) atoms. The molecule has 158 valence electrons. The molecule has 1 amide bonds. The highest BCUT2D eigenvalue weighted by Crippen LogP contribution is 2.34. The molecule has 0 radical (unpaired) electrons. The second-order valence-electron chi connectivity index (χ2n) is 7.51. The number of nitrogens with zero attached hydrogens (tertiary/aromatic N) is 3. The van der Waals surface area contributed by atoms with Crippen molar-refractivity contribution in [1.29, 1.82) is 0 Å². The third-order valence-corrected chi connectivity index (χ3v) is 5.21. The number of aryl methyl sites for hydroxylation is 1. The SMILES string of the molecule is Cc1cn2cc(NC(=O)c3ccc(N4CCNC(C)C4)c(NN)c3N)cc(F)c2n1. The van der Waals surface area contributed by atoms with Gasteiger partial charge in [0.2, 0.25) is 0 Å². The van der Waals surface area contributed by atoms with Gasteiger partial charge in [-0.25, -0.2) is 9.37 Å². The first kappa shape index (κ1) is 19.9. The van der Waals surface area contributed by atoms with E-state index in [4.69, 9.17) is 11.6 Å². The van der Waals surface area contributed by atoms with Crippen LogP contribution in [0.2, 0.25) is 0 Å². The van der Waals surface area contributed by atoms with E-state index in [1.165, 1.54) is 10.5 Å². The molecule has 1 aromatic carbocycles. The number of aromatic nitrogens is 2. The zero-order chi connectivity index (χ0) is 21.4. The summed E-state index contributed by atoms with van der Waals surface area (Å²) in [6.45, 7) is 6.31. The topological polar surface area (TPSA) is 126 Å². The number of piperazine rings is 1. The van der Waals surface area contributed by atoms with Crippen LogP contribution >= 0.6 is 0 Å². The van der Waals surface area contributed by atoms with Crippen molar-refractivity contribution in [2.24, 2.45) is 5.84 Å². The number of imidazole rings is 1. The van der Waals surface area contributed by atoms with E-state index in [1.807, 2.05) is 6.07 Å². The third-order valence-electron chi connectivity index (χ3n) is 5.21. The molecule has 1 atom stereocenters. The molecule has 0 saturated carbocycles. The van der Waals surface area contributed by atoms with Gasteiger partial charge in [-0.2, -0.15) is 0 Å². The first-order valence-electron chi connectivity index (χ1n) is 9.71. The number of benzene rings is 1. The maximum Gasteiger partial charge on any atom is 0.257 e. The smallest absolute Gasteiger partial charge is 0.257 e. The minimum absolute atomic E-state index is 0.203. The Hall–Kier alpha value is -3.37. The molecule has 4 rings (SSSR count). The number of hydrazine groups is 1. The number of nitrogens with one attached hydrogen (secondary N) is 3. The molecule has 10 heteroatoms. The number of nitrogen functional groups attached to an aromatic ring is 2. The van der Waals surface area contributed by atoms with Gasteiger partial charge in [0.05, 0.1) is 34.0 Å². The quantitative estimate of drug-likeness (QED) is 0.251. The summed E-state index contributed by atoms with van der Waals surface area (Å²) in [5.41, 5.74) is 11.9. The summed E-state index contributed by atoms with van der Waals surface area (Å²) >= 11 is 0. The van der Waals surface area contributed by atoms with Gasteiger partial charge in [-0.15, -0.1) is 0 Å². The largest absolute Gasteiger partial charge is 0.396 e. The highest BCUT2D eigenvalue weighted by atomic mass is 19.1. The van der Waals surface area contributed by atoms with Gasteiger partial charge in [0.15, 0.2) is 11.5 Å². The standard InChI is InChI=1S/C20H25FN8O/c1-11-8-28(6-5-24-11)16-4-3-14(17(22)18(16)27-23)20(30)26-13-7-15(21)19-25-12(2)9-29(19)10-13/h3-4,7,9-11,24,27H,5-6,8,22-23H2,1-2H3,(H,26,30). The molecule has 0 bridgehead atoms. The molecule has 1 unspecified atom stereocenters. The monoisotopic (exact) mass is 412 g/mol. The zero-order valence-electron chi connectivity index (χ0n) is 16.9. The summed E-state index contributed by atoms with van der Waals surface area (Å²) < 4.78 is 15.8. The predicted molar refractivity (Wildman–Crippen MR) is 116 cm³/mol. The average Bonchev–Trinajstić information content (AvgIpc) is 3.08. The van der Waals surface area contributed by atoms with Crippen molar-refractivity contribution in [3.63, 3.8) is 0 Å². The number of pyridine rings is 1. The van der Waals surface area contributed by atoms with E-state index in [-0.39, 0.29) is 16.9 Å². The number of nitrogens with two attached hydrogens (primary N) is 2. The Labute approximate surface area is 173 Å². The van der Waals surface area contributed by atoms with Gasteiger partial charge in [-0.3, -0.25) is 10.6 Å². The van der Waals surface area contributed by atoms with Gasteiger partial charge in [-0.1, -0.05) is 0 Å². The van der Waals surface area contributed by atoms with Crippen LogP contribution in [-0.2, 0) is 0 Å². The molecular formula is C20H25FN8O. The van der Waals surface area contributed by atoms with E-state index >= 15 is 0 Å². The average molecular weight is 412 g/mol. The maximum absolute atomic E-state index is 14.3.